The van der Waals surface area contributed by atoms with Crippen LogP contribution >= 0.6 is 0 Å². The average Bonchev–Trinajstić information content (AvgIpc) is 2.18. The van der Waals surface area contributed by atoms with Crippen LogP contribution in [0.15, 0.2) is 11.1 Å². The molecule has 0 saturated carbocycles. The van der Waals surface area contributed by atoms with Crippen molar-refractivity contribution in [3.8, 4) is 0 Å². The van der Waals surface area contributed by atoms with Crippen LogP contribution in [-0.4, -0.2) is 59.6 Å². The first-order valence-corrected chi connectivity index (χ1v) is 8.14. The Kier molecular flexibility index (Phi) is 6.28. The van der Waals surface area contributed by atoms with E-state index in [4.69, 9.17) is 19.3 Å². The molecule has 0 heterocycles. The van der Waals surface area contributed by atoms with Crippen LogP contribution in [0.2, 0.25) is 0 Å². The summed E-state index contributed by atoms with van der Waals surface area (Å²) in [4.78, 5) is 21.8. The van der Waals surface area contributed by atoms with E-state index in [1.807, 2.05) is 0 Å². The highest BCUT2D eigenvalue weighted by Gasteiger charge is 2.23. The molecular formula is C8H12O10S2. The van der Waals surface area contributed by atoms with E-state index < -0.39 is 67.7 Å². The predicted molar refractivity (Wildman–Crippen MR) is 64.4 cm³/mol. The van der Waals surface area contributed by atoms with Crippen LogP contribution in [0.3, 0.4) is 0 Å². The number of hydrogen-bond acceptors (Lipinski definition) is 6. The summed E-state index contributed by atoms with van der Waals surface area (Å²) >= 11 is 0. The van der Waals surface area contributed by atoms with E-state index in [2.05, 4.69) is 0 Å². The van der Waals surface area contributed by atoms with E-state index in [0.717, 1.165) is 0 Å². The van der Waals surface area contributed by atoms with Crippen molar-refractivity contribution in [3.05, 3.63) is 11.1 Å². The minimum atomic E-state index is -4.51. The fourth-order valence-corrected chi connectivity index (χ4v) is 2.16. The molecule has 0 fully saturated rings. The maximum Gasteiger partial charge on any atom is 0.332 e. The first-order chi connectivity index (χ1) is 8.83. The number of hydrogen-bond donors (Lipinski definition) is 4. The van der Waals surface area contributed by atoms with Crippen LogP contribution in [0.1, 0.15) is 12.8 Å². The van der Waals surface area contributed by atoms with E-state index in [0.29, 0.717) is 0 Å². The predicted octanol–water partition coefficient (Wildman–Crippen LogP) is -0.992. The number of carboxylic acids is 2. The number of carboxylic acid groups (broad SMARTS) is 2. The fourth-order valence-electron chi connectivity index (χ4n) is 1.24. The summed E-state index contributed by atoms with van der Waals surface area (Å²) in [6.45, 7) is 0. The van der Waals surface area contributed by atoms with Crippen LogP contribution in [0.5, 0.6) is 0 Å². The van der Waals surface area contributed by atoms with Gasteiger partial charge in [0.1, 0.15) is 0 Å². The minimum absolute atomic E-state index is 0.818. The summed E-state index contributed by atoms with van der Waals surface area (Å²) in [6.07, 6.45) is -1.64. The summed E-state index contributed by atoms with van der Waals surface area (Å²) in [5.74, 6) is -5.59. The summed E-state index contributed by atoms with van der Waals surface area (Å²) in [6, 6.07) is 0. The maximum atomic E-state index is 10.9. The third-order valence-electron chi connectivity index (χ3n) is 2.10. The van der Waals surface area contributed by atoms with Crippen LogP contribution in [-0.2, 0) is 29.8 Å². The van der Waals surface area contributed by atoms with Crippen molar-refractivity contribution in [2.45, 2.75) is 12.8 Å². The molecule has 0 aliphatic rings. The molecular weight excluding hydrogens is 320 g/mol. The normalized spacial score (nSPS) is 13.7. The van der Waals surface area contributed by atoms with E-state index in [1.54, 1.807) is 0 Å². The first kappa shape index (κ1) is 18.5. The van der Waals surface area contributed by atoms with Crippen LogP contribution in [0.4, 0.5) is 0 Å². The zero-order valence-electron chi connectivity index (χ0n) is 9.88. The van der Waals surface area contributed by atoms with Crippen molar-refractivity contribution >= 4 is 32.2 Å². The fraction of sp³-hybridized carbons (Fsp3) is 0.500. The molecule has 0 radical (unpaired) electrons. The van der Waals surface area contributed by atoms with E-state index >= 15 is 0 Å². The zero-order valence-corrected chi connectivity index (χ0v) is 11.5. The van der Waals surface area contributed by atoms with Crippen LogP contribution < -0.4 is 0 Å². The number of rotatable bonds is 8. The molecule has 0 atom stereocenters. The average molecular weight is 332 g/mol. The lowest BCUT2D eigenvalue weighted by Crippen LogP contribution is -2.17. The monoisotopic (exact) mass is 332 g/mol. The van der Waals surface area contributed by atoms with Crippen LogP contribution in [0, 0.1) is 0 Å². The van der Waals surface area contributed by atoms with Gasteiger partial charge in [-0.25, -0.2) is 9.59 Å². The summed E-state index contributed by atoms with van der Waals surface area (Å²) in [7, 11) is -9.03. The van der Waals surface area contributed by atoms with Gasteiger partial charge in [-0.1, -0.05) is 0 Å². The van der Waals surface area contributed by atoms with Crippen molar-refractivity contribution in [1.29, 1.82) is 0 Å². The zero-order chi connectivity index (χ0) is 16.1. The topological polar surface area (TPSA) is 183 Å². The van der Waals surface area contributed by atoms with E-state index in [1.165, 1.54) is 0 Å². The van der Waals surface area contributed by atoms with Gasteiger partial charge in [0.25, 0.3) is 20.2 Å². The Morgan fingerprint density at radius 2 is 0.950 bits per heavy atom. The molecule has 116 valence electrons. The Labute approximate surface area is 114 Å². The maximum absolute atomic E-state index is 10.9. The highest BCUT2D eigenvalue weighted by Crippen LogP contribution is 2.16. The van der Waals surface area contributed by atoms with Gasteiger partial charge >= 0.3 is 11.9 Å². The first-order valence-electron chi connectivity index (χ1n) is 4.92. The van der Waals surface area contributed by atoms with Crippen molar-refractivity contribution < 1.29 is 45.7 Å². The highest BCUT2D eigenvalue weighted by atomic mass is 32.2. The molecule has 0 aliphatic carbocycles. The molecule has 0 amide bonds. The Hall–Kier alpha value is -1.50. The largest absolute Gasteiger partial charge is 0.478 e. The minimum Gasteiger partial charge on any atom is -0.478 e. The second-order valence-corrected chi connectivity index (χ2v) is 6.78. The second kappa shape index (κ2) is 6.78. The van der Waals surface area contributed by atoms with Crippen molar-refractivity contribution in [1.82, 2.24) is 0 Å². The van der Waals surface area contributed by atoms with Crippen molar-refractivity contribution in [2.75, 3.05) is 11.5 Å². The molecule has 0 saturated heterocycles. The van der Waals surface area contributed by atoms with E-state index in [9.17, 15) is 26.4 Å². The van der Waals surface area contributed by atoms with Gasteiger partial charge in [-0.3, -0.25) is 9.11 Å². The standard InChI is InChI=1S/C8H12O10S2/c9-7(10)5(1-3-19(13,14)15)6(8(11)12)2-4-20(16,17)18/h1-4H2,(H,9,10)(H,11,12)(H,13,14,15)(H,16,17,18). The molecule has 0 rings (SSSR count). The lowest BCUT2D eigenvalue weighted by Gasteiger charge is -2.07. The molecule has 12 heteroatoms. The SMILES string of the molecule is O=C(O)C(CCS(=O)(=O)O)=C(CCS(=O)(=O)O)C(=O)O. The lowest BCUT2D eigenvalue weighted by atomic mass is 10.0. The highest BCUT2D eigenvalue weighted by molar-refractivity contribution is 7.86. The molecule has 4 N–H and O–H groups in total. The van der Waals surface area contributed by atoms with Crippen LogP contribution in [0.25, 0.3) is 0 Å². The van der Waals surface area contributed by atoms with Gasteiger partial charge in [-0.2, -0.15) is 16.8 Å². The Morgan fingerprint density at radius 3 is 1.10 bits per heavy atom. The molecule has 0 spiro atoms. The summed E-state index contributed by atoms with van der Waals surface area (Å²) < 4.78 is 59.1. The molecule has 0 aromatic rings. The smallest absolute Gasteiger partial charge is 0.332 e. The molecule has 0 aromatic heterocycles. The summed E-state index contributed by atoms with van der Waals surface area (Å²) in [5, 5.41) is 17.6. The molecule has 10 nitrogen and oxygen atoms in total. The van der Waals surface area contributed by atoms with Gasteiger partial charge in [-0.15, -0.1) is 0 Å². The Morgan fingerprint density at radius 1 is 0.700 bits per heavy atom. The Balaban J connectivity index is 5.45. The summed E-state index contributed by atoms with van der Waals surface area (Å²) in [5.41, 5.74) is -1.72. The Bertz CT molecular complexity index is 568. The van der Waals surface area contributed by atoms with Gasteiger partial charge in [0, 0.05) is 11.1 Å². The van der Waals surface area contributed by atoms with Gasteiger partial charge in [0.15, 0.2) is 0 Å². The van der Waals surface area contributed by atoms with E-state index in [-0.39, 0.29) is 0 Å². The van der Waals surface area contributed by atoms with Crippen molar-refractivity contribution in [3.63, 3.8) is 0 Å². The number of aliphatic carboxylic acids is 2. The van der Waals surface area contributed by atoms with Gasteiger partial charge in [0.05, 0.1) is 11.5 Å². The van der Waals surface area contributed by atoms with Crippen molar-refractivity contribution in [2.24, 2.45) is 0 Å². The third-order valence-corrected chi connectivity index (χ3v) is 3.54. The third kappa shape index (κ3) is 7.83. The lowest BCUT2D eigenvalue weighted by molar-refractivity contribution is -0.136. The molecule has 0 bridgehead atoms. The van der Waals surface area contributed by atoms with Gasteiger partial charge in [0.2, 0.25) is 0 Å². The molecule has 0 unspecified atom stereocenters. The number of carbonyl (C=O) groups is 2. The molecule has 0 aromatic carbocycles. The quantitative estimate of drug-likeness (QED) is 0.318. The van der Waals surface area contributed by atoms with Gasteiger partial charge in [-0.05, 0) is 12.8 Å². The molecule has 0 aliphatic heterocycles. The molecule has 20 heavy (non-hydrogen) atoms. The van der Waals surface area contributed by atoms with Gasteiger partial charge < -0.3 is 10.2 Å². The second-order valence-electron chi connectivity index (χ2n) is 3.64.